The van der Waals surface area contributed by atoms with E-state index >= 15 is 0 Å². The van der Waals surface area contributed by atoms with Gasteiger partial charge in [0, 0.05) is 31.8 Å². The molecule has 3 aliphatic heterocycles. The van der Waals surface area contributed by atoms with Crippen molar-refractivity contribution in [3.8, 4) is 0 Å². The van der Waals surface area contributed by atoms with E-state index in [2.05, 4.69) is 0 Å². The van der Waals surface area contributed by atoms with Crippen LogP contribution in [0.4, 0.5) is 0 Å². The number of hydrogen-bond acceptors (Lipinski definition) is 8. The first-order valence-electron chi connectivity index (χ1n) is 14.2. The van der Waals surface area contributed by atoms with Crippen molar-refractivity contribution in [2.75, 3.05) is 7.11 Å². The fraction of sp³-hybridized carbons (Fsp3) is 0.594. The van der Waals surface area contributed by atoms with Crippen LogP contribution in [0, 0.1) is 23.7 Å². The highest BCUT2D eigenvalue weighted by atomic mass is 16.8. The second kappa shape index (κ2) is 11.5. The van der Waals surface area contributed by atoms with Crippen LogP contribution in [-0.2, 0) is 46.4 Å². The summed E-state index contributed by atoms with van der Waals surface area (Å²) < 4.78 is 36.9. The fourth-order valence-electron chi connectivity index (χ4n) is 6.81. The van der Waals surface area contributed by atoms with E-state index in [0.717, 1.165) is 11.1 Å². The fourth-order valence-corrected chi connectivity index (χ4v) is 6.81. The monoisotopic (exact) mass is 554 g/mol. The van der Waals surface area contributed by atoms with Gasteiger partial charge in [0.05, 0.1) is 31.5 Å². The highest BCUT2D eigenvalue weighted by Gasteiger charge is 2.64. The average molecular weight is 555 g/mol. The number of aliphatic hydroxyl groups is 1. The van der Waals surface area contributed by atoms with Gasteiger partial charge in [-0.1, -0.05) is 81.4 Å². The Bertz CT molecular complexity index is 1140. The molecule has 2 aromatic rings. The van der Waals surface area contributed by atoms with Crippen molar-refractivity contribution in [2.24, 2.45) is 23.7 Å². The van der Waals surface area contributed by atoms with Crippen LogP contribution in [0.2, 0.25) is 0 Å². The molecule has 0 saturated carbocycles. The maximum Gasteiger partial charge on any atom is 0.316 e. The Morgan fingerprint density at radius 2 is 1.43 bits per heavy atom. The van der Waals surface area contributed by atoms with Gasteiger partial charge >= 0.3 is 5.97 Å². The zero-order valence-electron chi connectivity index (χ0n) is 24.2. The maximum atomic E-state index is 13.4. The molecule has 3 heterocycles. The number of hydrogen-bond donors (Lipinski definition) is 1. The van der Waals surface area contributed by atoms with Crippen molar-refractivity contribution in [1.82, 2.24) is 0 Å². The lowest BCUT2D eigenvalue weighted by Gasteiger charge is -2.40. The van der Waals surface area contributed by atoms with Crippen LogP contribution in [0.25, 0.3) is 0 Å². The minimum absolute atomic E-state index is 0.118. The van der Waals surface area contributed by atoms with Gasteiger partial charge in [0.25, 0.3) is 0 Å². The number of carbonyl (C=O) groups excluding carboxylic acids is 1. The molecule has 3 fully saturated rings. The van der Waals surface area contributed by atoms with Crippen LogP contribution < -0.4 is 0 Å². The Balaban J connectivity index is 1.29. The molecule has 1 N–H and O–H groups in total. The molecule has 5 rings (SSSR count). The van der Waals surface area contributed by atoms with Gasteiger partial charge < -0.3 is 33.5 Å². The number of ether oxygens (including phenoxy) is 6. The minimum Gasteiger partial charge on any atom is -0.430 e. The molecule has 8 heteroatoms. The maximum absolute atomic E-state index is 13.4. The Kier molecular flexibility index (Phi) is 8.39. The number of esters is 1. The number of methoxy groups -OCH3 is 1. The van der Waals surface area contributed by atoms with E-state index in [-0.39, 0.29) is 17.9 Å². The highest BCUT2D eigenvalue weighted by Crippen LogP contribution is 2.49. The molecule has 0 amide bonds. The number of carbonyl (C=O) groups is 1. The molecule has 0 aromatic heterocycles. The lowest BCUT2D eigenvalue weighted by Crippen LogP contribution is -2.53. The molecule has 218 valence electrons. The summed E-state index contributed by atoms with van der Waals surface area (Å²) in [6.07, 6.45) is -2.90. The molecule has 0 radical (unpaired) electrons. The van der Waals surface area contributed by atoms with E-state index in [4.69, 9.17) is 28.4 Å². The van der Waals surface area contributed by atoms with E-state index < -0.39 is 53.8 Å². The first kappa shape index (κ1) is 29.2. The van der Waals surface area contributed by atoms with E-state index in [1.54, 1.807) is 14.0 Å². The molecule has 2 aromatic carbocycles. The largest absolute Gasteiger partial charge is 0.430 e. The Hall–Kier alpha value is -2.33. The van der Waals surface area contributed by atoms with Crippen molar-refractivity contribution in [3.63, 3.8) is 0 Å². The van der Waals surface area contributed by atoms with Crippen LogP contribution in [0.5, 0.6) is 0 Å². The normalized spacial score (nSPS) is 38.7. The van der Waals surface area contributed by atoms with Gasteiger partial charge in [-0.15, -0.1) is 0 Å². The molecule has 3 saturated heterocycles. The lowest BCUT2D eigenvalue weighted by molar-refractivity contribution is -0.284. The van der Waals surface area contributed by atoms with Crippen molar-refractivity contribution < 1.29 is 38.3 Å². The van der Waals surface area contributed by atoms with E-state index in [1.807, 2.05) is 88.4 Å². The van der Waals surface area contributed by atoms with Crippen molar-refractivity contribution in [1.29, 1.82) is 0 Å². The standard InChI is InChI=1S/C32H42O8/c1-19(26-20(2)28(31(4,35-6)38-26)36-17-22-13-9-7-10-14-22)25(33)24-27-21(3)29(32(5,39-27)40-30(24)34)37-18-23-15-11-8-12-16-23/h7-16,19-21,24-29,33H,17-18H2,1-6H3/t19-,20+,21+,24?,25-,26-,27+,28-,29-,31+,32+/m0/s1. The molecular formula is C32H42O8. The molecule has 8 nitrogen and oxygen atoms in total. The summed E-state index contributed by atoms with van der Waals surface area (Å²) >= 11 is 0. The lowest BCUT2D eigenvalue weighted by atomic mass is 9.78. The first-order valence-corrected chi connectivity index (χ1v) is 14.2. The molecule has 40 heavy (non-hydrogen) atoms. The van der Waals surface area contributed by atoms with Gasteiger partial charge in [-0.25, -0.2) is 0 Å². The third-order valence-electron chi connectivity index (χ3n) is 9.07. The van der Waals surface area contributed by atoms with E-state index in [1.165, 1.54) is 0 Å². The Morgan fingerprint density at radius 3 is 1.98 bits per heavy atom. The summed E-state index contributed by atoms with van der Waals surface area (Å²) in [5.74, 6) is -4.31. The molecule has 11 atom stereocenters. The van der Waals surface area contributed by atoms with Crippen molar-refractivity contribution >= 4 is 5.97 Å². The number of fused-ring (bicyclic) bond motifs is 2. The van der Waals surface area contributed by atoms with Crippen LogP contribution in [0.1, 0.15) is 45.7 Å². The van der Waals surface area contributed by atoms with Gasteiger partial charge in [0.1, 0.15) is 18.1 Å². The highest BCUT2D eigenvalue weighted by molar-refractivity contribution is 5.75. The Morgan fingerprint density at radius 1 is 0.875 bits per heavy atom. The quantitative estimate of drug-likeness (QED) is 0.430. The Labute approximate surface area is 236 Å². The average Bonchev–Trinajstić information content (AvgIpc) is 3.32. The molecule has 0 aliphatic carbocycles. The number of aliphatic hydroxyl groups excluding tert-OH is 1. The van der Waals surface area contributed by atoms with Crippen LogP contribution in [-0.4, -0.2) is 60.3 Å². The predicted octanol–water partition coefficient (Wildman–Crippen LogP) is 4.48. The molecule has 0 spiro atoms. The van der Waals surface area contributed by atoms with Gasteiger partial charge in [-0.3, -0.25) is 4.79 Å². The summed E-state index contributed by atoms with van der Waals surface area (Å²) in [5, 5.41) is 11.7. The van der Waals surface area contributed by atoms with Gasteiger partial charge in [0.2, 0.25) is 5.79 Å². The van der Waals surface area contributed by atoms with E-state index in [9.17, 15) is 9.90 Å². The number of benzene rings is 2. The van der Waals surface area contributed by atoms with Crippen LogP contribution >= 0.6 is 0 Å². The predicted molar refractivity (Wildman–Crippen MR) is 147 cm³/mol. The summed E-state index contributed by atoms with van der Waals surface area (Å²) in [6, 6.07) is 19.8. The third-order valence-corrected chi connectivity index (χ3v) is 9.07. The SMILES string of the molecule is CO[C@]1(C)O[C@@H]([C@@H](C)[C@H](O)C2C(=O)O[C@@]3(C)O[C@@H]2[C@@H](C)[C@@H]3OCc2ccccc2)[C@@H](C)[C@@H]1OCc1ccccc1. The zero-order chi connectivity index (χ0) is 28.7. The second-order valence-corrected chi connectivity index (χ2v) is 11.9. The van der Waals surface area contributed by atoms with Crippen LogP contribution in [0.3, 0.4) is 0 Å². The van der Waals surface area contributed by atoms with Crippen molar-refractivity contribution in [3.05, 3.63) is 71.8 Å². The molecule has 1 unspecified atom stereocenters. The van der Waals surface area contributed by atoms with Gasteiger partial charge in [-0.2, -0.15) is 0 Å². The molecule has 2 bridgehead atoms. The number of rotatable bonds is 10. The zero-order valence-corrected chi connectivity index (χ0v) is 24.2. The smallest absolute Gasteiger partial charge is 0.316 e. The van der Waals surface area contributed by atoms with Crippen molar-refractivity contribution in [2.45, 2.75) is 89.9 Å². The second-order valence-electron chi connectivity index (χ2n) is 11.9. The van der Waals surface area contributed by atoms with Gasteiger partial charge in [0.15, 0.2) is 5.79 Å². The summed E-state index contributed by atoms with van der Waals surface area (Å²) in [4.78, 5) is 13.4. The van der Waals surface area contributed by atoms with Gasteiger partial charge in [-0.05, 0) is 18.1 Å². The van der Waals surface area contributed by atoms with E-state index in [0.29, 0.717) is 13.2 Å². The summed E-state index contributed by atoms with van der Waals surface area (Å²) in [6.45, 7) is 10.3. The van der Waals surface area contributed by atoms with Crippen LogP contribution in [0.15, 0.2) is 60.7 Å². The molecule has 3 aliphatic rings. The minimum atomic E-state index is -1.21. The summed E-state index contributed by atoms with van der Waals surface area (Å²) in [7, 11) is 1.60. The first-order chi connectivity index (χ1) is 19.1. The third kappa shape index (κ3) is 5.33. The molecular weight excluding hydrogens is 512 g/mol. The summed E-state index contributed by atoms with van der Waals surface area (Å²) in [5.41, 5.74) is 2.07. The topological polar surface area (TPSA) is 92.7 Å².